The summed E-state index contributed by atoms with van der Waals surface area (Å²) in [5.41, 5.74) is 0. The van der Waals surface area contributed by atoms with Gasteiger partial charge in [-0.3, -0.25) is 9.59 Å². The fourth-order valence-corrected chi connectivity index (χ4v) is 9.03. The van der Waals surface area contributed by atoms with Crippen molar-refractivity contribution in [1.29, 1.82) is 0 Å². The molecule has 0 saturated heterocycles. The minimum absolute atomic E-state index is 0.148. The molecule has 2 atom stereocenters. The van der Waals surface area contributed by atoms with Gasteiger partial charge in [-0.15, -0.1) is 0 Å². The Balaban J connectivity index is 4.06. The summed E-state index contributed by atoms with van der Waals surface area (Å²) in [5, 5.41) is 11.8. The van der Waals surface area contributed by atoms with Crippen LogP contribution < -0.4 is 5.11 Å². The SMILES string of the molecule is CCCCCCC/C=C\C/C=C\CCCCCCCCCCCCCCCCCCCCCCCC(=O)OC(COC(=O)CCCCCCC/C=C\CCCCCCCC)COC(OCC[N+](C)(C)C)C(=O)[O-]. The third kappa shape index (κ3) is 57.1. The molecule has 0 saturated carbocycles. The number of carbonyl (C=O) groups is 3. The molecular weight excluding hydrogens is 911 g/mol. The molecule has 0 aromatic rings. The number of rotatable bonds is 58. The summed E-state index contributed by atoms with van der Waals surface area (Å²) in [7, 11) is 5.93. The first-order valence-corrected chi connectivity index (χ1v) is 31.1. The zero-order chi connectivity index (χ0) is 53.4. The van der Waals surface area contributed by atoms with E-state index in [0.29, 0.717) is 17.4 Å². The van der Waals surface area contributed by atoms with Crippen molar-refractivity contribution in [2.45, 2.75) is 309 Å². The van der Waals surface area contributed by atoms with Gasteiger partial charge >= 0.3 is 11.9 Å². The Morgan fingerprint density at radius 3 is 1.10 bits per heavy atom. The molecule has 73 heavy (non-hydrogen) atoms. The van der Waals surface area contributed by atoms with E-state index in [-0.39, 0.29) is 38.6 Å². The molecule has 0 bridgehead atoms. The van der Waals surface area contributed by atoms with Gasteiger partial charge in [0.25, 0.3) is 0 Å². The summed E-state index contributed by atoms with van der Waals surface area (Å²) in [6.45, 7) is 4.76. The van der Waals surface area contributed by atoms with Crippen LogP contribution in [0.5, 0.6) is 0 Å². The Kier molecular flexibility index (Phi) is 53.8. The van der Waals surface area contributed by atoms with Crippen LogP contribution in [0, 0.1) is 0 Å². The van der Waals surface area contributed by atoms with E-state index in [1.807, 2.05) is 21.1 Å². The Labute approximate surface area is 451 Å². The number of likely N-dealkylation sites (N-methyl/N-ethyl adjacent to an activating group) is 1. The number of carbonyl (C=O) groups excluding carboxylic acids is 3. The number of hydrogen-bond donors (Lipinski definition) is 0. The maximum atomic E-state index is 12.9. The Morgan fingerprint density at radius 2 is 0.740 bits per heavy atom. The summed E-state index contributed by atoms with van der Waals surface area (Å²) < 4.78 is 22.7. The van der Waals surface area contributed by atoms with Gasteiger partial charge in [-0.05, 0) is 70.6 Å². The summed E-state index contributed by atoms with van der Waals surface area (Å²) in [6.07, 6.45) is 65.0. The molecule has 0 N–H and O–H groups in total. The molecular formula is C64H119NO8. The molecule has 9 heteroatoms. The van der Waals surface area contributed by atoms with Gasteiger partial charge in [-0.2, -0.15) is 0 Å². The average molecular weight is 1030 g/mol. The molecule has 9 nitrogen and oxygen atoms in total. The first-order chi connectivity index (χ1) is 35.6. The third-order valence-electron chi connectivity index (χ3n) is 13.9. The highest BCUT2D eigenvalue weighted by Crippen LogP contribution is 2.17. The lowest BCUT2D eigenvalue weighted by Gasteiger charge is -2.26. The highest BCUT2D eigenvalue weighted by molar-refractivity contribution is 5.70. The second-order valence-corrected chi connectivity index (χ2v) is 22.3. The fraction of sp³-hybridized carbons (Fsp3) is 0.859. The zero-order valence-corrected chi connectivity index (χ0v) is 48.8. The van der Waals surface area contributed by atoms with Gasteiger partial charge in [0.1, 0.15) is 13.2 Å². The smallest absolute Gasteiger partial charge is 0.306 e. The van der Waals surface area contributed by atoms with E-state index in [0.717, 1.165) is 57.8 Å². The average Bonchev–Trinajstić information content (AvgIpc) is 3.36. The van der Waals surface area contributed by atoms with Crippen LogP contribution in [-0.2, 0) is 33.3 Å². The Bertz CT molecular complexity index is 1290. The normalized spacial score (nSPS) is 12.9. The number of quaternary nitrogens is 1. The minimum Gasteiger partial charge on any atom is -0.545 e. The van der Waals surface area contributed by atoms with E-state index in [1.54, 1.807) is 0 Å². The summed E-state index contributed by atoms with van der Waals surface area (Å²) >= 11 is 0. The molecule has 0 amide bonds. The van der Waals surface area contributed by atoms with E-state index in [4.69, 9.17) is 18.9 Å². The number of esters is 2. The van der Waals surface area contributed by atoms with Gasteiger partial charge in [-0.1, -0.05) is 249 Å². The molecule has 0 aliphatic rings. The van der Waals surface area contributed by atoms with Gasteiger partial charge in [0.15, 0.2) is 12.4 Å². The molecule has 0 aromatic heterocycles. The third-order valence-corrected chi connectivity index (χ3v) is 13.9. The molecule has 2 unspecified atom stereocenters. The number of hydrogen-bond acceptors (Lipinski definition) is 8. The van der Waals surface area contributed by atoms with Crippen molar-refractivity contribution >= 4 is 17.9 Å². The molecule has 0 spiro atoms. The number of carboxylic acid groups (broad SMARTS) is 1. The van der Waals surface area contributed by atoms with Crippen LogP contribution in [0.2, 0.25) is 0 Å². The van der Waals surface area contributed by atoms with Crippen LogP contribution >= 0.6 is 0 Å². The molecule has 0 fully saturated rings. The number of carboxylic acids is 1. The number of allylic oxidation sites excluding steroid dienone is 6. The highest BCUT2D eigenvalue weighted by atomic mass is 16.7. The lowest BCUT2D eigenvalue weighted by molar-refractivity contribution is -0.870. The lowest BCUT2D eigenvalue weighted by atomic mass is 10.0. The van der Waals surface area contributed by atoms with E-state index in [2.05, 4.69) is 50.3 Å². The van der Waals surface area contributed by atoms with Crippen LogP contribution in [0.25, 0.3) is 0 Å². The zero-order valence-electron chi connectivity index (χ0n) is 48.8. The van der Waals surface area contributed by atoms with Crippen molar-refractivity contribution in [2.24, 2.45) is 0 Å². The quantitative estimate of drug-likeness (QED) is 0.0195. The van der Waals surface area contributed by atoms with Crippen molar-refractivity contribution in [2.75, 3.05) is 47.5 Å². The summed E-state index contributed by atoms with van der Waals surface area (Å²) in [6, 6.07) is 0. The number of ether oxygens (including phenoxy) is 4. The minimum atomic E-state index is -1.62. The van der Waals surface area contributed by atoms with E-state index in [1.165, 1.54) is 205 Å². The van der Waals surface area contributed by atoms with Crippen LogP contribution in [0.15, 0.2) is 36.5 Å². The summed E-state index contributed by atoms with van der Waals surface area (Å²) in [5.74, 6) is -2.28. The monoisotopic (exact) mass is 1030 g/mol. The van der Waals surface area contributed by atoms with E-state index >= 15 is 0 Å². The van der Waals surface area contributed by atoms with Crippen molar-refractivity contribution < 1.29 is 42.9 Å². The molecule has 0 radical (unpaired) electrons. The van der Waals surface area contributed by atoms with Crippen molar-refractivity contribution in [3.8, 4) is 0 Å². The predicted molar refractivity (Wildman–Crippen MR) is 306 cm³/mol. The number of nitrogens with zero attached hydrogens (tertiary/aromatic N) is 1. The highest BCUT2D eigenvalue weighted by Gasteiger charge is 2.22. The molecule has 0 aliphatic heterocycles. The second kappa shape index (κ2) is 55.7. The van der Waals surface area contributed by atoms with Gasteiger partial charge < -0.3 is 33.3 Å². The lowest BCUT2D eigenvalue weighted by Crippen LogP contribution is -2.44. The van der Waals surface area contributed by atoms with Gasteiger partial charge in [0.05, 0.1) is 40.3 Å². The van der Waals surface area contributed by atoms with Gasteiger partial charge in [-0.25, -0.2) is 0 Å². The number of unbranched alkanes of at least 4 members (excludes halogenated alkanes) is 37. The predicted octanol–water partition coefficient (Wildman–Crippen LogP) is 17.1. The first-order valence-electron chi connectivity index (χ1n) is 31.1. The Hall–Kier alpha value is -2.49. The molecule has 0 rings (SSSR count). The second-order valence-electron chi connectivity index (χ2n) is 22.3. The van der Waals surface area contributed by atoms with Gasteiger partial charge in [0, 0.05) is 12.8 Å². The van der Waals surface area contributed by atoms with Crippen LogP contribution in [-0.4, -0.2) is 82.3 Å². The number of aliphatic carboxylic acids is 1. The van der Waals surface area contributed by atoms with Crippen LogP contribution in [0.1, 0.15) is 296 Å². The summed E-state index contributed by atoms with van der Waals surface area (Å²) in [4.78, 5) is 37.3. The maximum Gasteiger partial charge on any atom is 0.306 e. The van der Waals surface area contributed by atoms with E-state index in [9.17, 15) is 19.5 Å². The van der Waals surface area contributed by atoms with Crippen molar-refractivity contribution in [1.82, 2.24) is 0 Å². The van der Waals surface area contributed by atoms with Crippen molar-refractivity contribution in [3.63, 3.8) is 0 Å². The first kappa shape index (κ1) is 70.5. The maximum absolute atomic E-state index is 12.9. The fourth-order valence-electron chi connectivity index (χ4n) is 9.03. The standard InChI is InChI=1S/C64H119NO8/c1-6-8-10-12-14-16-18-20-22-23-24-25-26-27-28-29-30-31-32-33-34-35-36-37-38-39-41-43-45-47-49-51-53-55-62(67)73-60(59-72-64(63(68)69)70-57-56-65(3,4)5)58-71-61(66)54-52-50-48-46-44-42-40-21-19-17-15-13-11-9-7-2/h18,20-21,23-24,40,60,64H,6-17,19,22,25-39,41-59H2,1-5H3/b20-18-,24-23-,40-21-. The van der Waals surface area contributed by atoms with E-state index < -0.39 is 24.3 Å². The molecule has 0 aromatic carbocycles. The Morgan fingerprint density at radius 1 is 0.411 bits per heavy atom. The molecule has 0 heterocycles. The molecule has 0 aliphatic carbocycles. The van der Waals surface area contributed by atoms with Gasteiger partial charge in [0.2, 0.25) is 0 Å². The van der Waals surface area contributed by atoms with Crippen LogP contribution in [0.3, 0.4) is 0 Å². The van der Waals surface area contributed by atoms with Crippen LogP contribution in [0.4, 0.5) is 0 Å². The van der Waals surface area contributed by atoms with Crippen molar-refractivity contribution in [3.05, 3.63) is 36.5 Å². The molecule has 428 valence electrons. The topological polar surface area (TPSA) is 111 Å². The largest absolute Gasteiger partial charge is 0.545 e.